The van der Waals surface area contributed by atoms with Gasteiger partial charge in [-0.1, -0.05) is 0 Å². The summed E-state index contributed by atoms with van der Waals surface area (Å²) in [5.74, 6) is -4.62. The van der Waals surface area contributed by atoms with E-state index in [1.165, 1.54) is 24.3 Å². The summed E-state index contributed by atoms with van der Waals surface area (Å²) >= 11 is 0. The van der Waals surface area contributed by atoms with Gasteiger partial charge in [0.25, 0.3) is 31.6 Å². The third kappa shape index (κ3) is 16.7. The van der Waals surface area contributed by atoms with Gasteiger partial charge in [0.1, 0.15) is 34.2 Å². The molecule has 8 N–H and O–H groups in total. The molecule has 0 atom stereocenters. The van der Waals surface area contributed by atoms with Crippen molar-refractivity contribution < 1.29 is 182 Å². The van der Waals surface area contributed by atoms with Crippen LogP contribution in [0.15, 0.2) is 148 Å². The van der Waals surface area contributed by atoms with E-state index in [1.807, 2.05) is 0 Å². The molecule has 0 saturated heterocycles. The van der Waals surface area contributed by atoms with Crippen LogP contribution < -0.4 is 88.7 Å². The Balaban J connectivity index is 0.000000702. The number of non-ortho nitro benzene ring substituents is 2. The quantitative estimate of drug-likeness (QED) is 0.0241. The van der Waals surface area contributed by atoms with Crippen LogP contribution in [0, 0.1) is 40.5 Å². The first-order chi connectivity index (χ1) is 32.8. The first-order valence-corrected chi connectivity index (χ1v) is 20.9. The zero-order valence-electron chi connectivity index (χ0n) is 37.3. The predicted octanol–water partition coefficient (Wildman–Crippen LogP) is 0.404. The maximum absolute atomic E-state index is 11.1. The van der Waals surface area contributed by atoms with Crippen LogP contribution in [0.3, 0.4) is 0 Å². The molecule has 0 aliphatic carbocycles. The molecule has 6 rings (SSSR count). The first-order valence-electron chi connectivity index (χ1n) is 18.0. The third-order valence-corrected chi connectivity index (χ3v) is 10.2. The number of nitro groups is 4. The van der Waals surface area contributed by atoms with Crippen LogP contribution in [-0.2, 0) is 37.3 Å². The molecule has 0 saturated carbocycles. The van der Waals surface area contributed by atoms with Crippen molar-refractivity contribution in [1.29, 1.82) is 0 Å². The summed E-state index contributed by atoms with van der Waals surface area (Å²) in [6, 6.07) is 15.6. The summed E-state index contributed by atoms with van der Waals surface area (Å²) in [7, 11) is -8.84. The topological polar surface area (TPSA) is 502 Å². The van der Waals surface area contributed by atoms with Crippen LogP contribution >= 0.6 is 0 Å². The van der Waals surface area contributed by atoms with E-state index >= 15 is 0 Å². The molecule has 0 fully saturated rings. The maximum Gasteiger partial charge on any atom is 3.00 e. The van der Waals surface area contributed by atoms with Crippen molar-refractivity contribution in [3.8, 4) is 34.5 Å². The second-order valence-corrected chi connectivity index (χ2v) is 15.9. The molecule has 6 aromatic rings. The summed E-state index contributed by atoms with van der Waals surface area (Å²) in [5.41, 5.74) is -6.27. The van der Waals surface area contributed by atoms with Gasteiger partial charge in [0.15, 0.2) is 22.9 Å². The number of phenols is 6. The summed E-state index contributed by atoms with van der Waals surface area (Å²) in [6.07, 6.45) is 0. The molecule has 0 aromatic heterocycles. The van der Waals surface area contributed by atoms with Crippen molar-refractivity contribution in [2.45, 2.75) is 9.79 Å². The molecule has 0 aliphatic rings. The van der Waals surface area contributed by atoms with Crippen LogP contribution in [-0.4, -0.2) is 76.3 Å². The zero-order chi connectivity index (χ0) is 51.8. The second kappa shape index (κ2) is 27.7. The second-order valence-electron chi connectivity index (χ2n) is 13.0. The molecule has 74 heavy (non-hydrogen) atoms. The minimum atomic E-state index is -4.42. The van der Waals surface area contributed by atoms with Gasteiger partial charge < -0.3 is 30.6 Å². The first kappa shape index (κ1) is 65.5. The van der Waals surface area contributed by atoms with Gasteiger partial charge in [-0.2, -0.15) is 27.1 Å². The molecule has 0 aliphatic heterocycles. The normalized spacial score (nSPS) is 11.2. The van der Waals surface area contributed by atoms with Crippen LogP contribution in [0.4, 0.5) is 68.2 Å². The van der Waals surface area contributed by atoms with E-state index in [0.29, 0.717) is 12.1 Å². The number of nitro benzene ring substituents is 4. The summed E-state index contributed by atoms with van der Waals surface area (Å²) in [4.78, 5) is 39.3. The molecule has 0 unspecified atom stereocenters. The smallest absolute Gasteiger partial charge is 0.505 e. The minimum Gasteiger partial charge on any atom is -0.505 e. The van der Waals surface area contributed by atoms with Gasteiger partial charge in [-0.05, 0) is 72.8 Å². The van der Waals surface area contributed by atoms with Gasteiger partial charge in [-0.25, -0.2) is 0 Å². The number of phenolic OH excluding ortho intramolecular Hbond substituents is 6. The molecule has 6 aromatic carbocycles. The monoisotopic (exact) mass is 1130 g/mol. The Morgan fingerprint density at radius 1 is 0.378 bits per heavy atom. The third-order valence-electron chi connectivity index (χ3n) is 8.47. The van der Waals surface area contributed by atoms with Gasteiger partial charge in [0.05, 0.1) is 53.0 Å². The Labute approximate surface area is 488 Å². The standard InChI is InChI=1S/2C18H12N6O10S.Fe.3Na/c2*25-15-6-5-12(20-21-13-7-10(23(28)29)8-14(17(13)26)24(30)31)18(27)16(15)22-19-9-1-3-11(4-2-9)35(32,33)34;;;;/h2*1-8,25-27H,(H,32,33,34);;;;/q;;+3;3*+1. The minimum absolute atomic E-state index is 0. The Hall–Kier alpha value is -6.54. The van der Waals surface area contributed by atoms with Gasteiger partial charge in [-0.3, -0.25) is 49.6 Å². The van der Waals surface area contributed by atoms with E-state index in [2.05, 4.69) is 40.9 Å². The molecule has 1 radical (unpaired) electrons. The molecular weight excluding hydrogens is 1110 g/mol. The number of azo groups is 4. The van der Waals surface area contributed by atoms with Crippen LogP contribution in [0.5, 0.6) is 34.5 Å². The molecule has 0 spiro atoms. The van der Waals surface area contributed by atoms with E-state index < -0.39 is 130 Å². The van der Waals surface area contributed by atoms with E-state index in [1.54, 1.807) is 0 Å². The van der Waals surface area contributed by atoms with Crippen LogP contribution in [0.1, 0.15) is 0 Å². The molecule has 32 nitrogen and oxygen atoms in total. The Morgan fingerprint density at radius 3 is 0.946 bits per heavy atom. The molecular formula is C36H24FeN12Na3O20S2+6. The number of hydrogen-bond donors (Lipinski definition) is 8. The molecule has 365 valence electrons. The fourth-order valence-corrected chi connectivity index (χ4v) is 6.06. The van der Waals surface area contributed by atoms with E-state index in [0.717, 1.165) is 60.7 Å². The summed E-state index contributed by atoms with van der Waals surface area (Å²) in [5, 5.41) is 134. The zero-order valence-corrected chi connectivity index (χ0v) is 46.0. The predicted molar refractivity (Wildman–Crippen MR) is 232 cm³/mol. The van der Waals surface area contributed by atoms with Crippen molar-refractivity contribution in [3.05, 3.63) is 138 Å². The summed E-state index contributed by atoms with van der Waals surface area (Å²) in [6.45, 7) is 0. The van der Waals surface area contributed by atoms with E-state index in [-0.39, 0.29) is 128 Å². The number of hydrogen-bond acceptors (Lipinski definition) is 26. The largest absolute Gasteiger partial charge is 3.00 e. The molecule has 38 heteroatoms. The molecule has 0 bridgehead atoms. The Morgan fingerprint density at radius 2 is 0.676 bits per heavy atom. The van der Waals surface area contributed by atoms with E-state index in [9.17, 15) is 87.9 Å². The van der Waals surface area contributed by atoms with Gasteiger partial charge in [0.2, 0.25) is 11.5 Å². The molecule has 0 heterocycles. The van der Waals surface area contributed by atoms with Crippen molar-refractivity contribution >= 4 is 88.5 Å². The van der Waals surface area contributed by atoms with Crippen molar-refractivity contribution in [1.82, 2.24) is 0 Å². The average molecular weight is 1130 g/mol. The fourth-order valence-electron chi connectivity index (χ4n) is 5.10. The number of benzene rings is 6. The number of rotatable bonds is 14. The maximum atomic E-state index is 11.1. The van der Waals surface area contributed by atoms with Crippen LogP contribution in [0.2, 0.25) is 0 Å². The average Bonchev–Trinajstić information content (AvgIpc) is 3.28. The Bertz CT molecular complexity index is 3260. The van der Waals surface area contributed by atoms with Crippen molar-refractivity contribution in [3.63, 3.8) is 0 Å². The van der Waals surface area contributed by atoms with Crippen molar-refractivity contribution in [2.24, 2.45) is 40.9 Å². The molecule has 0 amide bonds. The van der Waals surface area contributed by atoms with E-state index in [4.69, 9.17) is 9.11 Å². The number of nitrogens with zero attached hydrogens (tertiary/aromatic N) is 12. The van der Waals surface area contributed by atoms with Gasteiger partial charge in [-0.15, -0.1) is 30.7 Å². The van der Waals surface area contributed by atoms with Gasteiger partial charge >= 0.3 is 117 Å². The summed E-state index contributed by atoms with van der Waals surface area (Å²) < 4.78 is 62.2. The van der Waals surface area contributed by atoms with Crippen LogP contribution in [0.25, 0.3) is 0 Å². The van der Waals surface area contributed by atoms with Gasteiger partial charge in [0, 0.05) is 12.1 Å². The SMILES string of the molecule is O=[N+]([O-])c1cc(N=Nc2ccc(O)c(N=Nc3ccc(S(=O)(=O)O)cc3)c2O)c(O)c([N+](=O)[O-])c1.O=[N+]([O-])c1cc(N=Nc2ccc(O)c(N=Nc3ccc(S(=O)(=O)O)cc3)c2O)c(O)c([N+](=O)[O-])c1.[Fe+3].[Na+].[Na+].[Na+]. The number of aromatic hydroxyl groups is 6. The van der Waals surface area contributed by atoms with Crippen molar-refractivity contribution in [2.75, 3.05) is 0 Å². The Kier molecular flexibility index (Phi) is 24.5. The fraction of sp³-hybridized carbons (Fsp3) is 0.